The topological polar surface area (TPSA) is 89.6 Å². The maximum absolute atomic E-state index is 11.9. The van der Waals surface area contributed by atoms with Gasteiger partial charge >= 0.3 is 0 Å². The normalized spacial score (nSPS) is 33.9. The summed E-state index contributed by atoms with van der Waals surface area (Å²) >= 11 is 0. The molecule has 0 radical (unpaired) electrons. The molecule has 1 heterocycles. The first-order chi connectivity index (χ1) is 9.86. The van der Waals surface area contributed by atoms with E-state index in [9.17, 15) is 13.5 Å². The van der Waals surface area contributed by atoms with Gasteiger partial charge in [0.25, 0.3) is 0 Å². The molecule has 116 valence electrons. The molecule has 1 saturated heterocycles. The fourth-order valence-electron chi connectivity index (χ4n) is 3.86. The molecule has 1 aliphatic heterocycles. The number of rotatable bonds is 3. The Bertz CT molecular complexity index is 672. The van der Waals surface area contributed by atoms with Gasteiger partial charge in [0.2, 0.25) is 0 Å². The minimum absolute atomic E-state index is 0.0380. The van der Waals surface area contributed by atoms with Crippen molar-refractivity contribution in [2.24, 2.45) is 11.1 Å². The Morgan fingerprint density at radius 3 is 2.71 bits per heavy atom. The summed E-state index contributed by atoms with van der Waals surface area (Å²) in [6.45, 7) is 0.166. The van der Waals surface area contributed by atoms with Gasteiger partial charge in [0.05, 0.1) is 24.2 Å². The van der Waals surface area contributed by atoms with Crippen molar-refractivity contribution < 1.29 is 18.3 Å². The van der Waals surface area contributed by atoms with Gasteiger partial charge in [-0.25, -0.2) is 8.42 Å². The van der Waals surface area contributed by atoms with Crippen LogP contribution in [0.3, 0.4) is 0 Å². The van der Waals surface area contributed by atoms with Gasteiger partial charge in [0.1, 0.15) is 5.75 Å². The smallest absolute Gasteiger partial charge is 0.151 e. The standard InChI is InChI=1S/C15H21NO4S/c1-20-12-3-2-11-4-5-15(17,13(11)8-12)14(9-16)6-7-21(18,19)10-14/h2-3,8,17H,4-7,9-10,16H2,1H3. The number of benzene rings is 1. The highest BCUT2D eigenvalue weighted by Gasteiger charge is 2.58. The van der Waals surface area contributed by atoms with Crippen LogP contribution >= 0.6 is 0 Å². The lowest BCUT2D eigenvalue weighted by Gasteiger charge is -2.42. The number of aryl methyl sites for hydroxylation is 1. The van der Waals surface area contributed by atoms with Gasteiger partial charge in [-0.1, -0.05) is 6.07 Å². The third-order valence-corrected chi connectivity index (χ3v) is 6.99. The van der Waals surface area contributed by atoms with E-state index in [1.165, 1.54) is 0 Å². The summed E-state index contributed by atoms with van der Waals surface area (Å²) in [7, 11) is -1.55. The van der Waals surface area contributed by atoms with Crippen LogP contribution in [-0.4, -0.2) is 38.7 Å². The van der Waals surface area contributed by atoms with Gasteiger partial charge in [-0.15, -0.1) is 0 Å². The average Bonchev–Trinajstić information content (AvgIpc) is 2.98. The SMILES string of the molecule is COc1ccc2c(c1)C(O)(C1(CN)CCS(=O)(=O)C1)CC2. The molecule has 0 aromatic heterocycles. The molecule has 1 fully saturated rings. The van der Waals surface area contributed by atoms with Crippen molar-refractivity contribution >= 4 is 9.84 Å². The number of methoxy groups -OCH3 is 1. The average molecular weight is 311 g/mol. The molecule has 0 saturated carbocycles. The zero-order valence-electron chi connectivity index (χ0n) is 12.1. The van der Waals surface area contributed by atoms with Gasteiger partial charge in [0.15, 0.2) is 9.84 Å². The highest BCUT2D eigenvalue weighted by Crippen LogP contribution is 2.54. The van der Waals surface area contributed by atoms with E-state index in [-0.39, 0.29) is 18.1 Å². The van der Waals surface area contributed by atoms with E-state index in [0.717, 1.165) is 17.5 Å². The molecular weight excluding hydrogens is 290 g/mol. The fraction of sp³-hybridized carbons (Fsp3) is 0.600. The van der Waals surface area contributed by atoms with Crippen LogP contribution in [0.15, 0.2) is 18.2 Å². The predicted octanol–water partition coefficient (Wildman–Crippen LogP) is 0.593. The van der Waals surface area contributed by atoms with Crippen LogP contribution < -0.4 is 10.5 Å². The summed E-state index contributed by atoms with van der Waals surface area (Å²) in [5.41, 5.74) is 5.79. The molecule has 5 nitrogen and oxygen atoms in total. The van der Waals surface area contributed by atoms with Crippen molar-refractivity contribution in [2.45, 2.75) is 24.9 Å². The number of ether oxygens (including phenoxy) is 1. The number of fused-ring (bicyclic) bond motifs is 1. The number of nitrogens with two attached hydrogens (primary N) is 1. The number of aliphatic hydroxyl groups is 1. The van der Waals surface area contributed by atoms with Crippen molar-refractivity contribution in [3.8, 4) is 5.75 Å². The molecule has 3 rings (SSSR count). The van der Waals surface area contributed by atoms with E-state index >= 15 is 0 Å². The highest BCUT2D eigenvalue weighted by molar-refractivity contribution is 7.91. The molecule has 1 aromatic carbocycles. The van der Waals surface area contributed by atoms with E-state index in [1.54, 1.807) is 7.11 Å². The minimum Gasteiger partial charge on any atom is -0.497 e. The first-order valence-corrected chi connectivity index (χ1v) is 8.98. The Kier molecular flexibility index (Phi) is 3.31. The van der Waals surface area contributed by atoms with Crippen molar-refractivity contribution in [1.29, 1.82) is 0 Å². The monoisotopic (exact) mass is 311 g/mol. The van der Waals surface area contributed by atoms with E-state index in [2.05, 4.69) is 0 Å². The van der Waals surface area contributed by atoms with E-state index in [4.69, 9.17) is 10.5 Å². The largest absolute Gasteiger partial charge is 0.497 e. The summed E-state index contributed by atoms with van der Waals surface area (Å²) < 4.78 is 29.1. The molecular formula is C15H21NO4S. The van der Waals surface area contributed by atoms with Crippen LogP contribution in [0.4, 0.5) is 0 Å². The number of hydrogen-bond acceptors (Lipinski definition) is 5. The lowest BCUT2D eigenvalue weighted by atomic mass is 9.68. The molecule has 21 heavy (non-hydrogen) atoms. The van der Waals surface area contributed by atoms with Gasteiger partial charge in [-0.3, -0.25) is 0 Å². The van der Waals surface area contributed by atoms with Crippen molar-refractivity contribution in [2.75, 3.05) is 25.2 Å². The Hall–Kier alpha value is -1.11. The Morgan fingerprint density at radius 1 is 1.38 bits per heavy atom. The summed E-state index contributed by atoms with van der Waals surface area (Å²) in [5.74, 6) is 0.734. The van der Waals surface area contributed by atoms with Gasteiger partial charge in [-0.05, 0) is 42.5 Å². The maximum atomic E-state index is 11.9. The lowest BCUT2D eigenvalue weighted by Crippen LogP contribution is -2.50. The molecule has 2 aliphatic rings. The molecule has 1 aromatic rings. The highest BCUT2D eigenvalue weighted by atomic mass is 32.2. The molecule has 0 spiro atoms. The summed E-state index contributed by atoms with van der Waals surface area (Å²) in [6.07, 6.45) is 1.67. The molecule has 0 bridgehead atoms. The van der Waals surface area contributed by atoms with Crippen molar-refractivity contribution in [1.82, 2.24) is 0 Å². The third kappa shape index (κ3) is 2.08. The van der Waals surface area contributed by atoms with E-state index in [1.807, 2.05) is 18.2 Å². The van der Waals surface area contributed by atoms with Crippen molar-refractivity contribution in [3.63, 3.8) is 0 Å². The van der Waals surface area contributed by atoms with E-state index < -0.39 is 20.9 Å². The van der Waals surface area contributed by atoms with Crippen LogP contribution in [0.2, 0.25) is 0 Å². The molecule has 2 unspecified atom stereocenters. The summed E-state index contributed by atoms with van der Waals surface area (Å²) in [4.78, 5) is 0. The van der Waals surface area contributed by atoms with E-state index in [0.29, 0.717) is 18.6 Å². The van der Waals surface area contributed by atoms with Gasteiger partial charge < -0.3 is 15.6 Å². The quantitative estimate of drug-likeness (QED) is 0.853. The molecule has 2 atom stereocenters. The Morgan fingerprint density at radius 2 is 2.14 bits per heavy atom. The second-order valence-corrected chi connectivity index (χ2v) is 8.39. The van der Waals surface area contributed by atoms with Crippen LogP contribution in [0.1, 0.15) is 24.0 Å². The third-order valence-electron chi connectivity index (χ3n) is 5.17. The molecule has 0 amide bonds. The second-order valence-electron chi connectivity index (χ2n) is 6.21. The first-order valence-electron chi connectivity index (χ1n) is 7.16. The predicted molar refractivity (Wildman–Crippen MR) is 80.0 cm³/mol. The lowest BCUT2D eigenvalue weighted by molar-refractivity contribution is -0.0730. The molecule has 6 heteroatoms. The fourth-order valence-corrected chi connectivity index (χ4v) is 6.05. The number of hydrogen-bond donors (Lipinski definition) is 2. The minimum atomic E-state index is -3.13. The molecule has 3 N–H and O–H groups in total. The maximum Gasteiger partial charge on any atom is 0.151 e. The first kappa shape index (κ1) is 14.8. The van der Waals surface area contributed by atoms with Gasteiger partial charge in [0, 0.05) is 12.0 Å². The number of sulfone groups is 1. The zero-order valence-corrected chi connectivity index (χ0v) is 12.9. The summed E-state index contributed by atoms with van der Waals surface area (Å²) in [5, 5.41) is 11.3. The molecule has 1 aliphatic carbocycles. The van der Waals surface area contributed by atoms with Crippen LogP contribution in [0.25, 0.3) is 0 Å². The Labute approximate surface area is 125 Å². The summed E-state index contributed by atoms with van der Waals surface area (Å²) in [6, 6.07) is 5.63. The zero-order chi connectivity index (χ0) is 15.3. The van der Waals surface area contributed by atoms with Gasteiger partial charge in [-0.2, -0.15) is 0 Å². The van der Waals surface area contributed by atoms with Crippen LogP contribution in [0.5, 0.6) is 5.75 Å². The van der Waals surface area contributed by atoms with Crippen molar-refractivity contribution in [3.05, 3.63) is 29.3 Å². The Balaban J connectivity index is 2.11. The van der Waals surface area contributed by atoms with Crippen LogP contribution in [0, 0.1) is 5.41 Å². The van der Waals surface area contributed by atoms with Crippen LogP contribution in [-0.2, 0) is 21.9 Å². The second kappa shape index (κ2) is 4.69.